The normalized spacial score (nSPS) is 19.9. The van der Waals surface area contributed by atoms with Crippen LogP contribution >= 0.6 is 0 Å². The molecule has 10 heteroatoms. The zero-order chi connectivity index (χ0) is 24.4. The Morgan fingerprint density at radius 3 is 2.49 bits per heavy atom. The lowest BCUT2D eigenvalue weighted by molar-refractivity contribution is -0.229. The number of ether oxygens (including phenoxy) is 2. The largest absolute Gasteiger partial charge is 0.368 e. The smallest absolute Gasteiger partial charge is 0.234 e. The molecule has 2 aromatic heterocycles. The number of carbonyl (C=O) groups is 1. The van der Waals surface area contributed by atoms with Gasteiger partial charge in [0.05, 0.1) is 35.7 Å². The third-order valence-electron chi connectivity index (χ3n) is 5.68. The minimum atomic E-state index is -0.886. The minimum Gasteiger partial charge on any atom is -0.368 e. The summed E-state index contributed by atoms with van der Waals surface area (Å²) in [7, 11) is 0. The summed E-state index contributed by atoms with van der Waals surface area (Å²) in [5, 5.41) is 2.89. The number of hydrogen-bond donors (Lipinski definition) is 3. The monoisotopic (exact) mass is 474 g/mol. The van der Waals surface area contributed by atoms with E-state index in [9.17, 15) is 9.18 Å². The molecule has 5 rings (SSSR count). The van der Waals surface area contributed by atoms with Crippen molar-refractivity contribution in [1.82, 2.24) is 19.9 Å². The van der Waals surface area contributed by atoms with Crippen LogP contribution in [-0.4, -0.2) is 39.1 Å². The van der Waals surface area contributed by atoms with Crippen molar-refractivity contribution in [3.05, 3.63) is 78.5 Å². The molecule has 1 aliphatic rings. The predicted octanol–water partition coefficient (Wildman–Crippen LogP) is 3.95. The van der Waals surface area contributed by atoms with Gasteiger partial charge in [-0.15, -0.1) is 0 Å². The Bertz CT molecular complexity index is 1340. The van der Waals surface area contributed by atoms with Gasteiger partial charge >= 0.3 is 0 Å². The Morgan fingerprint density at radius 1 is 1.09 bits per heavy atom. The second-order valence-corrected chi connectivity index (χ2v) is 8.49. The fourth-order valence-corrected chi connectivity index (χ4v) is 3.72. The van der Waals surface area contributed by atoms with Gasteiger partial charge in [-0.05, 0) is 49.4 Å². The number of amides is 1. The van der Waals surface area contributed by atoms with Gasteiger partial charge in [-0.3, -0.25) is 4.79 Å². The lowest BCUT2D eigenvalue weighted by Crippen LogP contribution is -2.45. The van der Waals surface area contributed by atoms with E-state index in [1.807, 2.05) is 30.3 Å². The maximum absolute atomic E-state index is 13.5. The molecule has 0 saturated carbocycles. The average Bonchev–Trinajstić information content (AvgIpc) is 3.31. The number of nitrogen functional groups attached to an aromatic ring is 1. The first kappa shape index (κ1) is 22.6. The number of aromatic nitrogens is 4. The summed E-state index contributed by atoms with van der Waals surface area (Å²) in [6.07, 6.45) is 0.705. The molecular formula is C25H23FN6O3. The SMILES string of the molecule is CC1(C(=O)Nc2ccccc2)COC(c2nc(-c3ccc(F)cc3)c(-c3ccnc(N)n3)[nH]2)OC1. The molecule has 0 radical (unpaired) electrons. The number of nitrogens with zero attached hydrogens (tertiary/aromatic N) is 3. The van der Waals surface area contributed by atoms with Gasteiger partial charge in [-0.1, -0.05) is 18.2 Å². The highest BCUT2D eigenvalue weighted by Crippen LogP contribution is 2.36. The maximum atomic E-state index is 13.5. The number of hydrogen-bond acceptors (Lipinski definition) is 7. The lowest BCUT2D eigenvalue weighted by atomic mass is 9.91. The average molecular weight is 474 g/mol. The molecule has 2 aromatic carbocycles. The highest BCUT2D eigenvalue weighted by atomic mass is 19.1. The van der Waals surface area contributed by atoms with Crippen molar-refractivity contribution < 1.29 is 18.7 Å². The van der Waals surface area contributed by atoms with Gasteiger partial charge < -0.3 is 25.5 Å². The number of halogens is 1. The van der Waals surface area contributed by atoms with Crippen molar-refractivity contribution in [2.24, 2.45) is 5.41 Å². The third-order valence-corrected chi connectivity index (χ3v) is 5.68. The summed E-state index contributed by atoms with van der Waals surface area (Å²) in [6.45, 7) is 2.03. The summed E-state index contributed by atoms with van der Waals surface area (Å²) in [4.78, 5) is 29.0. The fourth-order valence-electron chi connectivity index (χ4n) is 3.72. The predicted molar refractivity (Wildman–Crippen MR) is 127 cm³/mol. The summed E-state index contributed by atoms with van der Waals surface area (Å²) in [5.41, 5.74) is 7.86. The fraction of sp³-hybridized carbons (Fsp3) is 0.200. The molecule has 1 amide bonds. The van der Waals surface area contributed by atoms with Crippen molar-refractivity contribution in [3.8, 4) is 22.6 Å². The van der Waals surface area contributed by atoms with Crippen LogP contribution in [0, 0.1) is 11.2 Å². The molecule has 4 N–H and O–H groups in total. The Balaban J connectivity index is 1.39. The number of nitrogens with one attached hydrogen (secondary N) is 2. The van der Waals surface area contributed by atoms with E-state index in [-0.39, 0.29) is 30.9 Å². The number of carbonyl (C=O) groups excluding carboxylic acids is 1. The van der Waals surface area contributed by atoms with Crippen LogP contribution in [0.4, 0.5) is 16.0 Å². The van der Waals surface area contributed by atoms with Crippen LogP contribution in [0.3, 0.4) is 0 Å². The molecule has 4 aromatic rings. The second-order valence-electron chi connectivity index (χ2n) is 8.49. The standard InChI is InChI=1S/C25H23FN6O3/c1-25(23(33)29-17-5-3-2-4-6-17)13-34-22(35-14-25)21-31-19(15-7-9-16(26)10-8-15)20(32-21)18-11-12-28-24(27)30-18/h2-12,22H,13-14H2,1H3,(H,29,33)(H,31,32)(H2,27,28,30). The second kappa shape index (κ2) is 9.24. The van der Waals surface area contributed by atoms with Crippen LogP contribution in [0.5, 0.6) is 0 Å². The first-order valence-electron chi connectivity index (χ1n) is 11.0. The van der Waals surface area contributed by atoms with E-state index >= 15 is 0 Å². The highest BCUT2D eigenvalue weighted by molar-refractivity contribution is 5.95. The molecule has 9 nitrogen and oxygen atoms in total. The Hall–Kier alpha value is -4.15. The lowest BCUT2D eigenvalue weighted by Gasteiger charge is -2.35. The molecule has 1 saturated heterocycles. The Kier molecular flexibility index (Phi) is 5.98. The van der Waals surface area contributed by atoms with Crippen LogP contribution in [-0.2, 0) is 14.3 Å². The van der Waals surface area contributed by atoms with Crippen molar-refractivity contribution in [3.63, 3.8) is 0 Å². The van der Waals surface area contributed by atoms with Crippen LogP contribution in [0.25, 0.3) is 22.6 Å². The molecule has 1 aliphatic heterocycles. The topological polar surface area (TPSA) is 128 Å². The molecule has 35 heavy (non-hydrogen) atoms. The van der Waals surface area contributed by atoms with Crippen molar-refractivity contribution in [1.29, 1.82) is 0 Å². The molecule has 1 fully saturated rings. The quantitative estimate of drug-likeness (QED) is 0.400. The number of aromatic amines is 1. The highest BCUT2D eigenvalue weighted by Gasteiger charge is 2.41. The number of imidazole rings is 1. The van der Waals surface area contributed by atoms with Gasteiger partial charge in [0.1, 0.15) is 5.82 Å². The van der Waals surface area contributed by atoms with Gasteiger partial charge in [-0.2, -0.15) is 0 Å². The first-order valence-corrected chi connectivity index (χ1v) is 11.0. The summed E-state index contributed by atoms with van der Waals surface area (Å²) >= 11 is 0. The summed E-state index contributed by atoms with van der Waals surface area (Å²) in [6, 6.07) is 16.8. The molecule has 178 valence electrons. The Morgan fingerprint density at radius 2 is 1.80 bits per heavy atom. The summed E-state index contributed by atoms with van der Waals surface area (Å²) in [5.74, 6) is -0.0637. The zero-order valence-corrected chi connectivity index (χ0v) is 18.9. The van der Waals surface area contributed by atoms with E-state index in [4.69, 9.17) is 15.2 Å². The van der Waals surface area contributed by atoms with Gasteiger partial charge in [-0.25, -0.2) is 19.3 Å². The number of para-hydroxylation sites is 1. The van der Waals surface area contributed by atoms with Crippen LogP contribution in [0.15, 0.2) is 66.9 Å². The zero-order valence-electron chi connectivity index (χ0n) is 18.9. The van der Waals surface area contributed by atoms with E-state index < -0.39 is 11.7 Å². The summed E-state index contributed by atoms with van der Waals surface area (Å²) < 4.78 is 25.4. The number of anilines is 2. The van der Waals surface area contributed by atoms with Crippen molar-refractivity contribution >= 4 is 17.5 Å². The molecule has 0 aliphatic carbocycles. The molecule has 3 heterocycles. The number of H-pyrrole nitrogens is 1. The van der Waals surface area contributed by atoms with Gasteiger partial charge in [0.2, 0.25) is 18.1 Å². The third kappa shape index (κ3) is 4.75. The molecule has 0 spiro atoms. The Labute approximate surface area is 200 Å². The van der Waals surface area contributed by atoms with Crippen molar-refractivity contribution in [2.45, 2.75) is 13.2 Å². The van der Waals surface area contributed by atoms with E-state index in [1.54, 1.807) is 25.1 Å². The van der Waals surface area contributed by atoms with E-state index in [1.165, 1.54) is 18.3 Å². The number of rotatable bonds is 5. The number of nitrogens with two attached hydrogens (primary N) is 1. The molecular weight excluding hydrogens is 451 g/mol. The minimum absolute atomic E-state index is 0.106. The van der Waals surface area contributed by atoms with Crippen LogP contribution in [0.2, 0.25) is 0 Å². The molecule has 0 unspecified atom stereocenters. The number of benzene rings is 2. The van der Waals surface area contributed by atoms with Crippen molar-refractivity contribution in [2.75, 3.05) is 24.3 Å². The van der Waals surface area contributed by atoms with Crippen LogP contribution in [0.1, 0.15) is 19.0 Å². The van der Waals surface area contributed by atoms with Crippen LogP contribution < -0.4 is 11.1 Å². The van der Waals surface area contributed by atoms with Gasteiger partial charge in [0, 0.05) is 17.4 Å². The van der Waals surface area contributed by atoms with E-state index in [2.05, 4.69) is 25.3 Å². The first-order chi connectivity index (χ1) is 16.9. The molecule has 0 bridgehead atoms. The van der Waals surface area contributed by atoms with E-state index in [0.29, 0.717) is 34.2 Å². The maximum Gasteiger partial charge on any atom is 0.234 e. The van der Waals surface area contributed by atoms with Gasteiger partial charge in [0.15, 0.2) is 5.82 Å². The van der Waals surface area contributed by atoms with Gasteiger partial charge in [0.25, 0.3) is 0 Å². The van der Waals surface area contributed by atoms with E-state index in [0.717, 1.165) is 0 Å². The molecule has 0 atom stereocenters.